The van der Waals surface area contributed by atoms with Crippen LogP contribution in [-0.4, -0.2) is 35.2 Å². The lowest BCUT2D eigenvalue weighted by Crippen LogP contribution is -2.44. The topological polar surface area (TPSA) is 55.8 Å². The molecular weight excluding hydrogens is 282 g/mol. The van der Waals surface area contributed by atoms with E-state index in [1.807, 2.05) is 30.3 Å². The van der Waals surface area contributed by atoms with Gasteiger partial charge in [0.15, 0.2) is 0 Å². The lowest BCUT2D eigenvalue weighted by atomic mass is 10.2. The summed E-state index contributed by atoms with van der Waals surface area (Å²) in [5.74, 6) is -0.192. The summed E-state index contributed by atoms with van der Waals surface area (Å²) in [5.41, 5.74) is 0.450. The molecule has 0 N–H and O–H groups in total. The summed E-state index contributed by atoms with van der Waals surface area (Å²) in [7, 11) is 0. The van der Waals surface area contributed by atoms with Crippen LogP contribution in [0.4, 0.5) is 4.79 Å². The van der Waals surface area contributed by atoms with Crippen molar-refractivity contribution in [2.24, 2.45) is 0 Å². The molecule has 5 heteroatoms. The molecule has 1 aromatic rings. The molecule has 0 saturated carbocycles. The van der Waals surface area contributed by atoms with Gasteiger partial charge >= 0.3 is 6.09 Å². The normalized spacial score (nSPS) is 18.6. The van der Waals surface area contributed by atoms with E-state index in [-0.39, 0.29) is 11.9 Å². The van der Waals surface area contributed by atoms with Crippen molar-refractivity contribution in [1.29, 1.82) is 0 Å². The number of hydrogen-bond donors (Lipinski definition) is 0. The Hall–Kier alpha value is -1.88. The molecule has 0 aromatic heterocycles. The third-order valence-electron chi connectivity index (χ3n) is 3.34. The largest absolute Gasteiger partial charge is 0.443 e. The number of benzene rings is 1. The Morgan fingerprint density at radius 2 is 1.95 bits per heavy atom. The fourth-order valence-electron chi connectivity index (χ4n) is 2.35. The van der Waals surface area contributed by atoms with Crippen molar-refractivity contribution in [3.8, 4) is 0 Å². The molecule has 1 aliphatic rings. The molecule has 22 heavy (non-hydrogen) atoms. The molecule has 120 valence electrons. The molecule has 0 radical (unpaired) electrons. The number of rotatable bonds is 4. The molecule has 1 fully saturated rings. The third kappa shape index (κ3) is 4.56. The van der Waals surface area contributed by atoms with Crippen LogP contribution < -0.4 is 0 Å². The fraction of sp³-hybridized carbons (Fsp3) is 0.529. The highest BCUT2D eigenvalue weighted by molar-refractivity contribution is 5.94. The van der Waals surface area contributed by atoms with E-state index in [4.69, 9.17) is 9.47 Å². The van der Waals surface area contributed by atoms with E-state index in [2.05, 4.69) is 0 Å². The number of ether oxygens (including phenoxy) is 2. The Kier molecular flexibility index (Phi) is 5.19. The number of likely N-dealkylation sites (tertiary alicyclic amines) is 1. The Labute approximate surface area is 131 Å². The first-order chi connectivity index (χ1) is 10.4. The van der Waals surface area contributed by atoms with Crippen LogP contribution in [0.5, 0.6) is 0 Å². The Morgan fingerprint density at radius 3 is 2.59 bits per heavy atom. The maximum Gasteiger partial charge on any atom is 0.417 e. The number of hydrogen-bond acceptors (Lipinski definition) is 4. The van der Waals surface area contributed by atoms with Gasteiger partial charge in [0, 0.05) is 6.42 Å². The summed E-state index contributed by atoms with van der Waals surface area (Å²) in [4.78, 5) is 25.3. The van der Waals surface area contributed by atoms with Crippen molar-refractivity contribution in [1.82, 2.24) is 4.90 Å². The molecule has 0 spiro atoms. The van der Waals surface area contributed by atoms with Gasteiger partial charge in [-0.3, -0.25) is 4.79 Å². The van der Waals surface area contributed by atoms with Crippen LogP contribution in [0.15, 0.2) is 30.3 Å². The SMILES string of the molecule is CC(C)(C)OC(=O)N1C(=O)CC[C@H]1COCc1ccccc1. The minimum Gasteiger partial charge on any atom is -0.443 e. The summed E-state index contributed by atoms with van der Waals surface area (Å²) in [6, 6.07) is 9.56. The molecule has 0 bridgehead atoms. The van der Waals surface area contributed by atoms with E-state index in [9.17, 15) is 9.59 Å². The van der Waals surface area contributed by atoms with Gasteiger partial charge in [-0.05, 0) is 32.8 Å². The first-order valence-electron chi connectivity index (χ1n) is 7.53. The van der Waals surface area contributed by atoms with Crippen molar-refractivity contribution >= 4 is 12.0 Å². The quantitative estimate of drug-likeness (QED) is 0.857. The summed E-state index contributed by atoms with van der Waals surface area (Å²) >= 11 is 0. The van der Waals surface area contributed by atoms with Crippen LogP contribution in [0.2, 0.25) is 0 Å². The van der Waals surface area contributed by atoms with E-state index < -0.39 is 11.7 Å². The molecule has 1 saturated heterocycles. The van der Waals surface area contributed by atoms with Crippen molar-refractivity contribution < 1.29 is 19.1 Å². The zero-order valence-corrected chi connectivity index (χ0v) is 13.4. The molecule has 2 rings (SSSR count). The molecule has 1 atom stereocenters. The van der Waals surface area contributed by atoms with E-state index >= 15 is 0 Å². The van der Waals surface area contributed by atoms with Crippen LogP contribution in [0.1, 0.15) is 39.2 Å². The van der Waals surface area contributed by atoms with Gasteiger partial charge in [-0.1, -0.05) is 30.3 Å². The van der Waals surface area contributed by atoms with Gasteiger partial charge in [-0.25, -0.2) is 9.69 Å². The van der Waals surface area contributed by atoms with Gasteiger partial charge in [0.25, 0.3) is 0 Å². The fourth-order valence-corrected chi connectivity index (χ4v) is 2.35. The smallest absolute Gasteiger partial charge is 0.417 e. The zero-order chi connectivity index (χ0) is 16.2. The van der Waals surface area contributed by atoms with Crippen molar-refractivity contribution in [2.75, 3.05) is 6.61 Å². The number of nitrogens with zero attached hydrogens (tertiary/aromatic N) is 1. The first kappa shape index (κ1) is 16.5. The Bertz CT molecular complexity index is 521. The average molecular weight is 305 g/mol. The first-order valence-corrected chi connectivity index (χ1v) is 7.53. The predicted octanol–water partition coefficient (Wildman–Crippen LogP) is 3.13. The van der Waals surface area contributed by atoms with Crippen molar-refractivity contribution in [3.05, 3.63) is 35.9 Å². The standard InChI is InChI=1S/C17H23NO4/c1-17(2,3)22-16(20)18-14(9-10-15(18)19)12-21-11-13-7-5-4-6-8-13/h4-8,14H,9-12H2,1-3H3/t14-/m0/s1. The van der Waals surface area contributed by atoms with Crippen LogP contribution in [0.3, 0.4) is 0 Å². The number of imide groups is 1. The van der Waals surface area contributed by atoms with Crippen LogP contribution in [0, 0.1) is 0 Å². The molecule has 2 amide bonds. The summed E-state index contributed by atoms with van der Waals surface area (Å²) in [6.45, 7) is 6.15. The molecule has 0 aliphatic carbocycles. The van der Waals surface area contributed by atoms with E-state index in [0.717, 1.165) is 5.56 Å². The molecule has 1 heterocycles. The van der Waals surface area contributed by atoms with E-state index in [0.29, 0.717) is 26.1 Å². The molecule has 0 unspecified atom stereocenters. The molecule has 1 aliphatic heterocycles. The van der Waals surface area contributed by atoms with Gasteiger partial charge in [0.1, 0.15) is 5.60 Å². The molecular formula is C17H23NO4. The lowest BCUT2D eigenvalue weighted by molar-refractivity contribution is -0.128. The van der Waals surface area contributed by atoms with E-state index in [1.54, 1.807) is 20.8 Å². The summed E-state index contributed by atoms with van der Waals surface area (Å²) in [6.07, 6.45) is 0.397. The molecule has 5 nitrogen and oxygen atoms in total. The van der Waals surface area contributed by atoms with Crippen LogP contribution in [0.25, 0.3) is 0 Å². The number of carbonyl (C=O) groups excluding carboxylic acids is 2. The van der Waals surface area contributed by atoms with Gasteiger partial charge in [0.05, 0.1) is 19.3 Å². The highest BCUT2D eigenvalue weighted by Gasteiger charge is 2.38. The van der Waals surface area contributed by atoms with Crippen molar-refractivity contribution in [2.45, 2.75) is 51.9 Å². The highest BCUT2D eigenvalue weighted by atomic mass is 16.6. The van der Waals surface area contributed by atoms with Crippen molar-refractivity contribution in [3.63, 3.8) is 0 Å². The zero-order valence-electron chi connectivity index (χ0n) is 13.4. The average Bonchev–Trinajstić information content (AvgIpc) is 2.79. The summed E-state index contributed by atoms with van der Waals surface area (Å²) in [5, 5.41) is 0. The second kappa shape index (κ2) is 6.92. The predicted molar refractivity (Wildman–Crippen MR) is 82.2 cm³/mol. The second-order valence-corrected chi connectivity index (χ2v) is 6.44. The summed E-state index contributed by atoms with van der Waals surface area (Å²) < 4.78 is 11.0. The molecule has 1 aromatic carbocycles. The highest BCUT2D eigenvalue weighted by Crippen LogP contribution is 2.22. The van der Waals surface area contributed by atoms with Crippen LogP contribution in [-0.2, 0) is 20.9 Å². The third-order valence-corrected chi connectivity index (χ3v) is 3.34. The van der Waals surface area contributed by atoms with Gasteiger partial charge in [-0.2, -0.15) is 0 Å². The van der Waals surface area contributed by atoms with Crippen LogP contribution >= 0.6 is 0 Å². The van der Waals surface area contributed by atoms with Gasteiger partial charge in [0.2, 0.25) is 5.91 Å². The minimum atomic E-state index is -0.616. The number of amides is 2. The second-order valence-electron chi connectivity index (χ2n) is 6.44. The monoisotopic (exact) mass is 305 g/mol. The number of carbonyl (C=O) groups is 2. The Morgan fingerprint density at radius 1 is 1.27 bits per heavy atom. The van der Waals surface area contributed by atoms with Gasteiger partial charge < -0.3 is 9.47 Å². The Balaban J connectivity index is 1.89. The lowest BCUT2D eigenvalue weighted by Gasteiger charge is -2.27. The maximum atomic E-state index is 12.1. The minimum absolute atomic E-state index is 0.192. The van der Waals surface area contributed by atoms with Gasteiger partial charge in [-0.15, -0.1) is 0 Å². The van der Waals surface area contributed by atoms with E-state index in [1.165, 1.54) is 4.90 Å². The maximum absolute atomic E-state index is 12.1.